The van der Waals surface area contributed by atoms with Crippen molar-refractivity contribution >= 4 is 44.7 Å². The molecule has 7 heteroatoms. The summed E-state index contributed by atoms with van der Waals surface area (Å²) in [5, 5.41) is 1.05. The van der Waals surface area contributed by atoms with E-state index in [4.69, 9.17) is 27.8 Å². The minimum absolute atomic E-state index is 0.126. The van der Waals surface area contributed by atoms with Gasteiger partial charge in [-0.1, -0.05) is 23.2 Å². The molecule has 62 valence electrons. The van der Waals surface area contributed by atoms with Crippen molar-refractivity contribution in [2.75, 3.05) is 0 Å². The van der Waals surface area contributed by atoms with Crippen LogP contribution < -0.4 is 0 Å². The summed E-state index contributed by atoms with van der Waals surface area (Å²) in [6, 6.07) is 0. The molecule has 1 rings (SSSR count). The molecule has 0 saturated carbocycles. The van der Waals surface area contributed by atoms with Crippen LogP contribution in [0.2, 0.25) is 9.36 Å². The first-order valence-electron chi connectivity index (χ1n) is 2.33. The number of hydrogen-bond acceptors (Lipinski definition) is 3. The molecule has 0 spiro atoms. The van der Waals surface area contributed by atoms with E-state index in [1.807, 2.05) is 0 Å². The lowest BCUT2D eigenvalue weighted by Gasteiger charge is -1.90. The van der Waals surface area contributed by atoms with Crippen LogP contribution in [0, 0.1) is 0 Å². The Labute approximate surface area is 77.3 Å². The van der Waals surface area contributed by atoms with E-state index < -0.39 is 10.1 Å². The Morgan fingerprint density at radius 1 is 1.45 bits per heavy atom. The zero-order valence-corrected chi connectivity index (χ0v) is 8.06. The Hall–Kier alpha value is 0.190. The summed E-state index contributed by atoms with van der Waals surface area (Å²) >= 11 is 11.8. The number of rotatable bonds is 1. The monoisotopic (exact) mass is 232 g/mol. The Balaban J connectivity index is 3.38. The summed E-state index contributed by atoms with van der Waals surface area (Å²) in [5.74, 6) is 0. The van der Waals surface area contributed by atoms with Gasteiger partial charge in [-0.3, -0.25) is 4.55 Å². The molecule has 1 aromatic rings. The molecule has 0 amide bonds. The smallest absolute Gasteiger partial charge is 0.282 e. The van der Waals surface area contributed by atoms with E-state index >= 15 is 0 Å². The van der Waals surface area contributed by atoms with Gasteiger partial charge in [0.1, 0.15) is 9.23 Å². The van der Waals surface area contributed by atoms with Crippen molar-refractivity contribution in [2.45, 2.75) is 4.90 Å². The predicted octanol–water partition coefficient (Wildman–Crippen LogP) is 2.30. The van der Waals surface area contributed by atoms with E-state index in [9.17, 15) is 8.42 Å². The molecule has 0 atom stereocenters. The molecule has 0 saturated heterocycles. The second kappa shape index (κ2) is 2.91. The summed E-state index contributed by atoms with van der Waals surface area (Å²) in [4.78, 5) is -0.339. The van der Waals surface area contributed by atoms with Gasteiger partial charge in [0.2, 0.25) is 0 Å². The second-order valence-electron chi connectivity index (χ2n) is 1.66. The largest absolute Gasteiger partial charge is 0.296 e. The van der Waals surface area contributed by atoms with Gasteiger partial charge in [-0.05, 0) is 0 Å². The Kier molecular flexibility index (Phi) is 2.46. The van der Waals surface area contributed by atoms with Gasteiger partial charge in [0, 0.05) is 5.38 Å². The second-order valence-corrected chi connectivity index (χ2v) is 4.91. The van der Waals surface area contributed by atoms with Crippen molar-refractivity contribution in [1.29, 1.82) is 0 Å². The minimum atomic E-state index is -4.22. The van der Waals surface area contributed by atoms with Crippen molar-refractivity contribution in [3.8, 4) is 0 Å². The lowest BCUT2D eigenvalue weighted by Crippen LogP contribution is -1.95. The van der Waals surface area contributed by atoms with Crippen LogP contribution in [0.5, 0.6) is 0 Å². The van der Waals surface area contributed by atoms with Gasteiger partial charge in [0.05, 0.1) is 5.02 Å². The molecule has 0 fully saturated rings. The first kappa shape index (κ1) is 9.28. The summed E-state index contributed by atoms with van der Waals surface area (Å²) < 4.78 is 29.6. The molecule has 0 aliphatic carbocycles. The third-order valence-electron chi connectivity index (χ3n) is 0.936. The number of hydrogen-bond donors (Lipinski definition) is 1. The standard InChI is InChI=1S/C4H2Cl2O3S2/c5-3-2(11(7,8)9)1-10-4(3)6/h1H,(H,7,8,9). The Morgan fingerprint density at radius 2 is 2.00 bits per heavy atom. The topological polar surface area (TPSA) is 54.4 Å². The molecule has 1 N–H and O–H groups in total. The number of halogens is 2. The van der Waals surface area contributed by atoms with Gasteiger partial charge in [0.25, 0.3) is 10.1 Å². The van der Waals surface area contributed by atoms with Gasteiger partial charge >= 0.3 is 0 Å². The van der Waals surface area contributed by atoms with Crippen molar-refractivity contribution in [3.05, 3.63) is 14.7 Å². The maximum absolute atomic E-state index is 10.5. The summed E-state index contributed by atoms with van der Waals surface area (Å²) in [6.07, 6.45) is 0. The highest BCUT2D eigenvalue weighted by Crippen LogP contribution is 2.34. The quantitative estimate of drug-likeness (QED) is 0.757. The Bertz CT molecular complexity index is 367. The molecule has 3 nitrogen and oxygen atoms in total. The van der Waals surface area contributed by atoms with E-state index in [1.54, 1.807) is 0 Å². The first-order chi connectivity index (χ1) is 4.93. The average Bonchev–Trinajstić information content (AvgIpc) is 2.11. The van der Waals surface area contributed by atoms with E-state index in [-0.39, 0.29) is 14.3 Å². The Morgan fingerprint density at radius 3 is 2.18 bits per heavy atom. The van der Waals surface area contributed by atoms with Gasteiger partial charge in [-0.15, -0.1) is 11.3 Å². The zero-order valence-electron chi connectivity index (χ0n) is 4.91. The molecule has 0 aromatic carbocycles. The van der Waals surface area contributed by atoms with Crippen LogP contribution in [0.25, 0.3) is 0 Å². The average molecular weight is 233 g/mol. The molecule has 1 heterocycles. The molecular formula is C4H2Cl2O3S2. The van der Waals surface area contributed by atoms with E-state index in [1.165, 1.54) is 5.38 Å². The summed E-state index contributed by atoms with van der Waals surface area (Å²) in [5.41, 5.74) is 0. The van der Waals surface area contributed by atoms with Crippen molar-refractivity contribution < 1.29 is 13.0 Å². The van der Waals surface area contributed by atoms with Crippen LogP contribution >= 0.6 is 34.5 Å². The number of thiophene rings is 1. The van der Waals surface area contributed by atoms with Gasteiger partial charge in [-0.2, -0.15) is 8.42 Å². The molecule has 11 heavy (non-hydrogen) atoms. The van der Waals surface area contributed by atoms with Crippen LogP contribution in [0.15, 0.2) is 10.3 Å². The SMILES string of the molecule is O=S(=O)(O)c1csc(Cl)c1Cl. The zero-order chi connectivity index (χ0) is 8.65. The fourth-order valence-electron chi connectivity index (χ4n) is 0.480. The third-order valence-corrected chi connectivity index (χ3v) is 3.90. The van der Waals surface area contributed by atoms with Crippen LogP contribution in [-0.4, -0.2) is 13.0 Å². The van der Waals surface area contributed by atoms with Gasteiger partial charge in [-0.25, -0.2) is 0 Å². The van der Waals surface area contributed by atoms with Crippen LogP contribution in [0.4, 0.5) is 0 Å². The maximum atomic E-state index is 10.5. The highest BCUT2D eigenvalue weighted by molar-refractivity contribution is 7.86. The molecule has 0 aliphatic rings. The molecule has 1 aromatic heterocycles. The van der Waals surface area contributed by atoms with Crippen molar-refractivity contribution in [3.63, 3.8) is 0 Å². The first-order valence-corrected chi connectivity index (χ1v) is 5.40. The van der Waals surface area contributed by atoms with Gasteiger partial charge < -0.3 is 0 Å². The molecule has 0 radical (unpaired) electrons. The van der Waals surface area contributed by atoms with Crippen LogP contribution in [0.3, 0.4) is 0 Å². The fraction of sp³-hybridized carbons (Fsp3) is 0. The summed E-state index contributed by atoms with van der Waals surface area (Å²) in [7, 11) is -4.22. The molecular weight excluding hydrogens is 231 g/mol. The molecule has 0 bridgehead atoms. The highest BCUT2D eigenvalue weighted by atomic mass is 35.5. The van der Waals surface area contributed by atoms with Crippen molar-refractivity contribution in [2.24, 2.45) is 0 Å². The maximum Gasteiger partial charge on any atom is 0.296 e. The predicted molar refractivity (Wildman–Crippen MR) is 44.2 cm³/mol. The molecule has 0 unspecified atom stereocenters. The van der Waals surface area contributed by atoms with Crippen molar-refractivity contribution in [1.82, 2.24) is 0 Å². The van der Waals surface area contributed by atoms with Gasteiger partial charge in [0.15, 0.2) is 0 Å². The van der Waals surface area contributed by atoms with Crippen LogP contribution in [0.1, 0.15) is 0 Å². The highest BCUT2D eigenvalue weighted by Gasteiger charge is 2.18. The lowest BCUT2D eigenvalue weighted by molar-refractivity contribution is 0.483. The molecule has 0 aliphatic heterocycles. The lowest BCUT2D eigenvalue weighted by atomic mass is 10.7. The van der Waals surface area contributed by atoms with E-state index in [0.29, 0.717) is 0 Å². The van der Waals surface area contributed by atoms with E-state index in [2.05, 4.69) is 0 Å². The third kappa shape index (κ3) is 1.86. The summed E-state index contributed by atoms with van der Waals surface area (Å²) in [6.45, 7) is 0. The van der Waals surface area contributed by atoms with Crippen LogP contribution in [-0.2, 0) is 10.1 Å². The normalized spacial score (nSPS) is 11.9. The van der Waals surface area contributed by atoms with E-state index in [0.717, 1.165) is 11.3 Å². The fourth-order valence-corrected chi connectivity index (χ4v) is 2.88. The minimum Gasteiger partial charge on any atom is -0.282 e.